The van der Waals surface area contributed by atoms with E-state index in [1.54, 1.807) is 0 Å². The number of hydrogen-bond acceptors (Lipinski definition) is 2. The minimum Gasteiger partial charge on any atom is -0.463 e. The van der Waals surface area contributed by atoms with Crippen LogP contribution in [0.5, 0.6) is 0 Å². The number of esters is 1. The molecule has 0 radical (unpaired) electrons. The summed E-state index contributed by atoms with van der Waals surface area (Å²) in [7, 11) is 0. The Morgan fingerprint density at radius 3 is 1.52 bits per heavy atom. The Bertz CT molecular complexity index is 252. The van der Waals surface area contributed by atoms with Crippen molar-refractivity contribution in [3.8, 4) is 0 Å². The van der Waals surface area contributed by atoms with Crippen LogP contribution in [0.25, 0.3) is 0 Å². The van der Waals surface area contributed by atoms with Crippen molar-refractivity contribution < 1.29 is 9.53 Å². The van der Waals surface area contributed by atoms with Gasteiger partial charge in [0.05, 0.1) is 6.61 Å². The van der Waals surface area contributed by atoms with E-state index in [0.717, 1.165) is 12.8 Å². The summed E-state index contributed by atoms with van der Waals surface area (Å²) < 4.78 is 2.92. The van der Waals surface area contributed by atoms with Crippen LogP contribution in [0.4, 0.5) is 0 Å². The van der Waals surface area contributed by atoms with Gasteiger partial charge in [-0.05, 0) is 6.42 Å². The van der Waals surface area contributed by atoms with E-state index in [9.17, 15) is 4.79 Å². The molecule has 0 heterocycles. The largest absolute Gasteiger partial charge is 0.463 e. The van der Waals surface area contributed by atoms with Crippen molar-refractivity contribution in [3.63, 3.8) is 0 Å². The Hall–Kier alpha value is 0.340. The van der Waals surface area contributed by atoms with Crippen LogP contribution in [-0.2, 0) is 9.53 Å². The van der Waals surface area contributed by atoms with Gasteiger partial charge in [-0.15, -0.1) is 0 Å². The zero-order valence-electron chi connectivity index (χ0n) is 13.1. The molecule has 0 aliphatic rings. The summed E-state index contributed by atoms with van der Waals surface area (Å²) >= 11 is 16.2. The number of halogens is 3. The highest BCUT2D eigenvalue weighted by molar-refractivity contribution is 6.75. The highest BCUT2D eigenvalue weighted by Gasteiger charge is 2.32. The normalized spacial score (nSPS) is 11.6. The van der Waals surface area contributed by atoms with Crippen molar-refractivity contribution in [2.75, 3.05) is 6.61 Å². The smallest absolute Gasteiger partial charge is 0.358 e. The fraction of sp³-hybridized carbons (Fsp3) is 0.938. The molecule has 0 amide bonds. The van der Waals surface area contributed by atoms with Crippen LogP contribution in [0.15, 0.2) is 0 Å². The molecule has 0 saturated carbocycles. The first kappa shape index (κ1) is 21.3. The lowest BCUT2D eigenvalue weighted by atomic mass is 10.1. The minimum absolute atomic E-state index is 0.337. The topological polar surface area (TPSA) is 26.3 Å². The Labute approximate surface area is 144 Å². The van der Waals surface area contributed by atoms with E-state index in [0.29, 0.717) is 6.61 Å². The maximum absolute atomic E-state index is 11.1. The highest BCUT2D eigenvalue weighted by atomic mass is 35.6. The predicted molar refractivity (Wildman–Crippen MR) is 92.3 cm³/mol. The monoisotopic (exact) mass is 358 g/mol. The van der Waals surface area contributed by atoms with Gasteiger partial charge in [-0.25, -0.2) is 4.79 Å². The maximum atomic E-state index is 11.1. The third kappa shape index (κ3) is 15.0. The lowest BCUT2D eigenvalue weighted by Gasteiger charge is -2.10. The molecule has 0 N–H and O–H groups in total. The number of carbonyl (C=O) groups is 1. The van der Waals surface area contributed by atoms with Gasteiger partial charge < -0.3 is 4.74 Å². The van der Waals surface area contributed by atoms with Crippen LogP contribution < -0.4 is 0 Å². The number of hydrogen-bond donors (Lipinski definition) is 0. The summed E-state index contributed by atoms with van der Waals surface area (Å²) in [4.78, 5) is 11.1. The molecule has 0 aromatic heterocycles. The molecule has 0 rings (SSSR count). The fourth-order valence-corrected chi connectivity index (χ4v) is 2.35. The summed E-state index contributed by atoms with van der Waals surface area (Å²) in [6.07, 6.45) is 15.2. The first-order valence-electron chi connectivity index (χ1n) is 8.22. The van der Waals surface area contributed by atoms with Crippen LogP contribution in [0.3, 0.4) is 0 Å². The van der Waals surface area contributed by atoms with Crippen LogP contribution in [0.2, 0.25) is 0 Å². The Morgan fingerprint density at radius 2 is 1.14 bits per heavy atom. The van der Waals surface area contributed by atoms with Gasteiger partial charge in [0.15, 0.2) is 0 Å². The third-order valence-corrected chi connectivity index (χ3v) is 3.93. The molecule has 0 atom stereocenters. The molecule has 21 heavy (non-hydrogen) atoms. The Morgan fingerprint density at radius 1 is 0.762 bits per heavy atom. The SMILES string of the molecule is CCCCCCCCCCCCCCOC(=O)C(Cl)(Cl)Cl. The second-order valence-electron chi connectivity index (χ2n) is 5.52. The molecular weight excluding hydrogens is 331 g/mol. The van der Waals surface area contributed by atoms with Gasteiger partial charge in [-0.3, -0.25) is 0 Å². The number of alkyl halides is 3. The van der Waals surface area contributed by atoms with E-state index < -0.39 is 9.76 Å². The molecular formula is C16H29Cl3O2. The highest BCUT2D eigenvalue weighted by Crippen LogP contribution is 2.27. The van der Waals surface area contributed by atoms with Crippen molar-refractivity contribution >= 4 is 40.8 Å². The van der Waals surface area contributed by atoms with E-state index in [4.69, 9.17) is 39.5 Å². The fourth-order valence-electron chi connectivity index (χ4n) is 2.19. The van der Waals surface area contributed by atoms with E-state index in [1.807, 2.05) is 0 Å². The Kier molecular flexibility index (Phi) is 14.2. The second-order valence-corrected chi connectivity index (χ2v) is 7.80. The summed E-state index contributed by atoms with van der Waals surface area (Å²) in [6.45, 7) is 2.59. The number of ether oxygens (including phenoxy) is 1. The van der Waals surface area contributed by atoms with Gasteiger partial charge in [0.2, 0.25) is 0 Å². The standard InChI is InChI=1S/C16H29Cl3O2/c1-2-3-4-5-6-7-8-9-10-11-12-13-14-21-15(20)16(17,18)19/h2-14H2,1H3. The van der Waals surface area contributed by atoms with Crippen molar-refractivity contribution in [1.29, 1.82) is 0 Å². The average Bonchev–Trinajstić information content (AvgIpc) is 2.42. The van der Waals surface area contributed by atoms with Gasteiger partial charge in [-0.2, -0.15) is 0 Å². The number of unbranched alkanes of at least 4 members (excludes halogenated alkanes) is 11. The molecule has 0 aromatic rings. The molecule has 126 valence electrons. The van der Waals surface area contributed by atoms with Gasteiger partial charge >= 0.3 is 5.97 Å². The van der Waals surface area contributed by atoms with Gasteiger partial charge in [0.25, 0.3) is 3.79 Å². The molecule has 0 spiro atoms. The minimum atomic E-state index is -1.95. The molecule has 0 aliphatic heterocycles. The van der Waals surface area contributed by atoms with E-state index in [2.05, 4.69) is 6.92 Å². The molecule has 0 saturated heterocycles. The Balaban J connectivity index is 3.14. The van der Waals surface area contributed by atoms with Crippen molar-refractivity contribution in [2.45, 2.75) is 87.8 Å². The van der Waals surface area contributed by atoms with Gasteiger partial charge in [0, 0.05) is 0 Å². The van der Waals surface area contributed by atoms with Crippen molar-refractivity contribution in [3.05, 3.63) is 0 Å². The lowest BCUT2D eigenvalue weighted by Crippen LogP contribution is -2.22. The average molecular weight is 360 g/mol. The predicted octanol–water partition coefficient (Wildman–Crippen LogP) is 6.60. The zero-order valence-corrected chi connectivity index (χ0v) is 15.4. The van der Waals surface area contributed by atoms with E-state index >= 15 is 0 Å². The molecule has 2 nitrogen and oxygen atoms in total. The van der Waals surface area contributed by atoms with Gasteiger partial charge in [0.1, 0.15) is 0 Å². The van der Waals surface area contributed by atoms with E-state index in [1.165, 1.54) is 64.2 Å². The van der Waals surface area contributed by atoms with Crippen molar-refractivity contribution in [2.24, 2.45) is 0 Å². The quantitative estimate of drug-likeness (QED) is 0.210. The number of carbonyl (C=O) groups excluding carboxylic acids is 1. The van der Waals surface area contributed by atoms with Crippen LogP contribution in [0.1, 0.15) is 84.0 Å². The molecule has 0 unspecified atom stereocenters. The molecule has 5 heteroatoms. The maximum Gasteiger partial charge on any atom is 0.358 e. The summed E-state index contributed by atoms with van der Waals surface area (Å²) in [5, 5.41) is 0. The van der Waals surface area contributed by atoms with Gasteiger partial charge in [-0.1, -0.05) is 112 Å². The molecule has 0 fully saturated rings. The second kappa shape index (κ2) is 14.0. The van der Waals surface area contributed by atoms with Crippen LogP contribution in [-0.4, -0.2) is 16.4 Å². The lowest BCUT2D eigenvalue weighted by molar-refractivity contribution is -0.142. The molecule has 0 bridgehead atoms. The van der Waals surface area contributed by atoms with E-state index in [-0.39, 0.29) is 0 Å². The molecule has 0 aromatic carbocycles. The number of rotatable bonds is 13. The molecule has 0 aliphatic carbocycles. The first-order chi connectivity index (χ1) is 9.98. The van der Waals surface area contributed by atoms with Crippen LogP contribution in [0, 0.1) is 0 Å². The summed E-state index contributed by atoms with van der Waals surface area (Å²) in [5.41, 5.74) is 0. The summed E-state index contributed by atoms with van der Waals surface area (Å²) in [6, 6.07) is 0. The zero-order chi connectivity index (χ0) is 16.0. The van der Waals surface area contributed by atoms with Crippen LogP contribution >= 0.6 is 34.8 Å². The summed E-state index contributed by atoms with van der Waals surface area (Å²) in [5.74, 6) is -0.782. The third-order valence-electron chi connectivity index (χ3n) is 3.46. The first-order valence-corrected chi connectivity index (χ1v) is 9.35. The van der Waals surface area contributed by atoms with Crippen molar-refractivity contribution in [1.82, 2.24) is 0 Å².